The molecule has 2 aliphatic heterocycles. The Morgan fingerprint density at radius 2 is 2.17 bits per heavy atom. The van der Waals surface area contributed by atoms with Gasteiger partial charge in [-0.3, -0.25) is 4.99 Å². The highest BCUT2D eigenvalue weighted by Gasteiger charge is 2.54. The van der Waals surface area contributed by atoms with Gasteiger partial charge in [0.1, 0.15) is 11.9 Å². The van der Waals surface area contributed by atoms with Crippen molar-refractivity contribution in [3.8, 4) is 0 Å². The van der Waals surface area contributed by atoms with E-state index in [0.717, 1.165) is 12.8 Å². The maximum absolute atomic E-state index is 11.3. The summed E-state index contributed by atoms with van der Waals surface area (Å²) in [7, 11) is -1.68. The van der Waals surface area contributed by atoms with Crippen LogP contribution in [0.25, 0.3) is 0 Å². The first kappa shape index (κ1) is 16.5. The van der Waals surface area contributed by atoms with Gasteiger partial charge >= 0.3 is 6.09 Å². The van der Waals surface area contributed by atoms with Crippen LogP contribution in [0.1, 0.15) is 12.8 Å². The van der Waals surface area contributed by atoms with Crippen molar-refractivity contribution in [3.63, 3.8) is 0 Å². The average Bonchev–Trinajstić information content (AvgIpc) is 3.26. The van der Waals surface area contributed by atoms with E-state index in [4.69, 9.17) is 4.43 Å². The Bertz CT molecular complexity index is 527. The number of nitrogens with zero attached hydrogens (tertiary/aromatic N) is 3. The molecule has 2 unspecified atom stereocenters. The molecule has 0 bridgehead atoms. The number of amides is 1. The summed E-state index contributed by atoms with van der Waals surface area (Å²) in [5, 5.41) is 12.7. The second kappa shape index (κ2) is 5.92. The second-order valence-corrected chi connectivity index (χ2v) is 11.8. The number of hydrogen-bond donors (Lipinski definition) is 2. The third-order valence-corrected chi connectivity index (χ3v) is 5.33. The van der Waals surface area contributed by atoms with E-state index in [0.29, 0.717) is 19.6 Å². The monoisotopic (exact) mass is 338 g/mol. The lowest BCUT2D eigenvalue weighted by Crippen LogP contribution is -2.62. The van der Waals surface area contributed by atoms with Gasteiger partial charge in [0.25, 0.3) is 0 Å². The van der Waals surface area contributed by atoms with Gasteiger partial charge in [-0.25, -0.2) is 4.79 Å². The Balaban J connectivity index is 1.76. The quantitative estimate of drug-likeness (QED) is 0.760. The first-order chi connectivity index (χ1) is 10.8. The summed E-state index contributed by atoms with van der Waals surface area (Å²) >= 11 is 0. The molecule has 2 N–H and O–H groups in total. The van der Waals surface area contributed by atoms with Gasteiger partial charge in [0, 0.05) is 32.0 Å². The maximum atomic E-state index is 11.3. The van der Waals surface area contributed by atoms with Gasteiger partial charge in [-0.05, 0) is 38.6 Å². The Hall–Kier alpha value is -1.38. The van der Waals surface area contributed by atoms with E-state index in [-0.39, 0.29) is 17.9 Å². The van der Waals surface area contributed by atoms with Crippen molar-refractivity contribution >= 4 is 20.6 Å². The van der Waals surface area contributed by atoms with Gasteiger partial charge < -0.3 is 24.6 Å². The highest BCUT2D eigenvalue weighted by molar-refractivity contribution is 6.69. The molecule has 1 amide bonds. The van der Waals surface area contributed by atoms with Crippen LogP contribution in [0.3, 0.4) is 0 Å². The molecule has 7 nitrogen and oxygen atoms in total. The number of aliphatic imine (C=N–C) groups is 1. The van der Waals surface area contributed by atoms with E-state index >= 15 is 0 Å². The van der Waals surface area contributed by atoms with Crippen LogP contribution in [0.4, 0.5) is 4.79 Å². The van der Waals surface area contributed by atoms with Crippen LogP contribution in [0.5, 0.6) is 0 Å². The summed E-state index contributed by atoms with van der Waals surface area (Å²) in [6, 6.07) is -0.0243. The first-order valence-electron chi connectivity index (χ1n) is 8.21. The van der Waals surface area contributed by atoms with E-state index in [1.165, 1.54) is 4.90 Å². The largest absolute Gasteiger partial charge is 0.465 e. The summed E-state index contributed by atoms with van der Waals surface area (Å²) in [4.78, 5) is 19.6. The van der Waals surface area contributed by atoms with Crippen molar-refractivity contribution in [2.24, 2.45) is 4.99 Å². The lowest BCUT2D eigenvalue weighted by Gasteiger charge is -2.45. The summed E-state index contributed by atoms with van der Waals surface area (Å²) < 4.78 is 6.45. The zero-order valence-electron chi connectivity index (χ0n) is 14.0. The Morgan fingerprint density at radius 1 is 1.43 bits per heavy atom. The predicted octanol–water partition coefficient (Wildman–Crippen LogP) is 1.51. The molecule has 1 aliphatic carbocycles. The summed E-state index contributed by atoms with van der Waals surface area (Å²) in [6.07, 6.45) is 6.80. The summed E-state index contributed by atoms with van der Waals surface area (Å²) in [6.45, 7) is 8.22. The standard InChI is InChI=1S/C15H26N4O3Si/c1-23(2,3)22-15(5-6-15)19-9-4-7-17-13(19)12-11-18(14(20)21)10-8-16-12/h4,7,9,12-13,16H,5-6,8,10-11H2,1-3H3,(H,20,21). The maximum Gasteiger partial charge on any atom is 0.407 e. The predicted molar refractivity (Wildman–Crippen MR) is 91.0 cm³/mol. The van der Waals surface area contributed by atoms with Gasteiger partial charge in [-0.2, -0.15) is 0 Å². The van der Waals surface area contributed by atoms with Crippen LogP contribution in [0.15, 0.2) is 17.3 Å². The lowest BCUT2D eigenvalue weighted by molar-refractivity contribution is -0.0139. The molecule has 3 aliphatic rings. The third kappa shape index (κ3) is 3.59. The Morgan fingerprint density at radius 3 is 2.78 bits per heavy atom. The van der Waals surface area contributed by atoms with Crippen molar-refractivity contribution in [2.45, 2.75) is 50.4 Å². The number of piperazine rings is 1. The van der Waals surface area contributed by atoms with E-state index in [2.05, 4.69) is 34.9 Å². The van der Waals surface area contributed by atoms with Crippen molar-refractivity contribution in [1.82, 2.24) is 15.1 Å². The summed E-state index contributed by atoms with van der Waals surface area (Å²) in [5.41, 5.74) is -0.253. The SMILES string of the molecule is C[Si](C)(C)OC1(N2C=CC=NC2C2CN(C(=O)O)CCN2)CC1. The number of carboxylic acid groups (broad SMARTS) is 1. The molecule has 2 fully saturated rings. The van der Waals surface area contributed by atoms with Gasteiger partial charge in [0.15, 0.2) is 8.32 Å². The van der Waals surface area contributed by atoms with E-state index in [9.17, 15) is 9.90 Å². The molecule has 0 aromatic heterocycles. The molecule has 0 radical (unpaired) electrons. The summed E-state index contributed by atoms with van der Waals surface area (Å²) in [5.74, 6) is 0. The fourth-order valence-electron chi connectivity index (χ4n) is 3.35. The zero-order chi connectivity index (χ0) is 16.7. The smallest absolute Gasteiger partial charge is 0.407 e. The van der Waals surface area contributed by atoms with Gasteiger partial charge in [-0.1, -0.05) is 0 Å². The van der Waals surface area contributed by atoms with Crippen molar-refractivity contribution < 1.29 is 14.3 Å². The zero-order valence-corrected chi connectivity index (χ0v) is 15.0. The minimum Gasteiger partial charge on any atom is -0.465 e. The molecule has 0 spiro atoms. The first-order valence-corrected chi connectivity index (χ1v) is 11.6. The van der Waals surface area contributed by atoms with Gasteiger partial charge in [0.05, 0.1) is 6.04 Å². The molecular formula is C15H26N4O3Si. The highest BCUT2D eigenvalue weighted by atomic mass is 28.4. The van der Waals surface area contributed by atoms with Crippen LogP contribution in [-0.4, -0.2) is 73.1 Å². The van der Waals surface area contributed by atoms with Crippen LogP contribution < -0.4 is 5.32 Å². The molecule has 1 saturated heterocycles. The number of allylic oxidation sites excluding steroid dienone is 1. The molecule has 3 rings (SSSR count). The second-order valence-electron chi connectivity index (χ2n) is 7.41. The van der Waals surface area contributed by atoms with Gasteiger partial charge in [-0.15, -0.1) is 0 Å². The number of hydrogen-bond acceptors (Lipinski definition) is 5. The fourth-order valence-corrected chi connectivity index (χ4v) is 4.79. The topological polar surface area (TPSA) is 77.4 Å². The number of rotatable bonds is 4. The lowest BCUT2D eigenvalue weighted by atomic mass is 10.1. The van der Waals surface area contributed by atoms with Crippen molar-refractivity contribution in [2.75, 3.05) is 19.6 Å². The molecule has 0 aromatic carbocycles. The van der Waals surface area contributed by atoms with Crippen LogP contribution in [-0.2, 0) is 4.43 Å². The minimum atomic E-state index is -1.68. The molecule has 2 heterocycles. The minimum absolute atomic E-state index is 0.0243. The van der Waals surface area contributed by atoms with E-state index in [1.807, 2.05) is 12.3 Å². The van der Waals surface area contributed by atoms with Crippen molar-refractivity contribution in [1.29, 1.82) is 0 Å². The van der Waals surface area contributed by atoms with E-state index < -0.39 is 14.4 Å². The average molecular weight is 338 g/mol. The molecule has 128 valence electrons. The molecule has 1 saturated carbocycles. The molecule has 2 atom stereocenters. The van der Waals surface area contributed by atoms with Crippen molar-refractivity contribution in [3.05, 3.63) is 12.3 Å². The van der Waals surface area contributed by atoms with Crippen LogP contribution >= 0.6 is 0 Å². The normalized spacial score (nSPS) is 29.7. The van der Waals surface area contributed by atoms with E-state index in [1.54, 1.807) is 6.21 Å². The highest BCUT2D eigenvalue weighted by Crippen LogP contribution is 2.47. The molecule has 23 heavy (non-hydrogen) atoms. The Labute approximate surface area is 138 Å². The number of nitrogens with one attached hydrogen (secondary N) is 1. The van der Waals surface area contributed by atoms with Gasteiger partial charge in [0.2, 0.25) is 0 Å². The molecular weight excluding hydrogens is 312 g/mol. The van der Waals surface area contributed by atoms with Crippen LogP contribution in [0, 0.1) is 0 Å². The third-order valence-electron chi connectivity index (χ3n) is 4.34. The number of carbonyl (C=O) groups is 1. The fraction of sp³-hybridized carbons (Fsp3) is 0.733. The van der Waals surface area contributed by atoms with Crippen LogP contribution in [0.2, 0.25) is 19.6 Å². The molecule has 8 heteroatoms. The Kier molecular flexibility index (Phi) is 4.24. The molecule has 0 aromatic rings.